The molecule has 3 rings (SSSR count). The molecule has 0 radical (unpaired) electrons. The van der Waals surface area contributed by atoms with Gasteiger partial charge in [0.2, 0.25) is 5.91 Å². The van der Waals surface area contributed by atoms with E-state index in [1.54, 1.807) is 37.3 Å². The number of imide groups is 1. The van der Waals surface area contributed by atoms with E-state index in [9.17, 15) is 19.2 Å². The summed E-state index contributed by atoms with van der Waals surface area (Å²) in [6.07, 6.45) is 1.54. The highest BCUT2D eigenvalue weighted by atomic mass is 32.2. The molecule has 10 heteroatoms. The SMILES string of the molecule is CCOc1cc(/C=C2/SC(=O)N(CC(=O)Nc3cccc(C)c3C)C2=O)ccc1OCC(=O)OC. The van der Waals surface area contributed by atoms with Crippen LogP contribution in [0.2, 0.25) is 0 Å². The average molecular weight is 499 g/mol. The molecule has 0 unspecified atom stereocenters. The second kappa shape index (κ2) is 11.6. The van der Waals surface area contributed by atoms with Gasteiger partial charge in [-0.1, -0.05) is 18.2 Å². The van der Waals surface area contributed by atoms with Crippen LogP contribution in [0.1, 0.15) is 23.6 Å². The molecular weight excluding hydrogens is 472 g/mol. The molecule has 184 valence electrons. The Labute approximate surface area is 207 Å². The van der Waals surface area contributed by atoms with Gasteiger partial charge in [-0.25, -0.2) is 4.79 Å². The van der Waals surface area contributed by atoms with Crippen molar-refractivity contribution >= 4 is 46.5 Å². The van der Waals surface area contributed by atoms with Crippen LogP contribution in [0.25, 0.3) is 6.08 Å². The number of esters is 1. The summed E-state index contributed by atoms with van der Waals surface area (Å²) in [4.78, 5) is 50.3. The Balaban J connectivity index is 1.72. The Morgan fingerprint density at radius 3 is 2.57 bits per heavy atom. The number of aryl methyl sites for hydroxylation is 1. The molecule has 1 aliphatic rings. The van der Waals surface area contributed by atoms with Crippen LogP contribution in [0.15, 0.2) is 41.3 Å². The zero-order valence-electron chi connectivity index (χ0n) is 19.9. The second-order valence-electron chi connectivity index (χ2n) is 7.57. The van der Waals surface area contributed by atoms with E-state index in [0.717, 1.165) is 27.8 Å². The highest BCUT2D eigenvalue weighted by molar-refractivity contribution is 8.18. The fourth-order valence-electron chi connectivity index (χ4n) is 3.21. The van der Waals surface area contributed by atoms with Gasteiger partial charge in [0.05, 0.1) is 18.6 Å². The molecule has 9 nitrogen and oxygen atoms in total. The van der Waals surface area contributed by atoms with E-state index < -0.39 is 23.0 Å². The van der Waals surface area contributed by atoms with E-state index in [1.807, 2.05) is 26.0 Å². The van der Waals surface area contributed by atoms with Gasteiger partial charge in [-0.15, -0.1) is 0 Å². The van der Waals surface area contributed by atoms with E-state index in [-0.39, 0.29) is 18.1 Å². The molecule has 2 aromatic rings. The number of methoxy groups -OCH3 is 1. The molecule has 3 amide bonds. The molecule has 1 heterocycles. The zero-order valence-corrected chi connectivity index (χ0v) is 20.7. The molecule has 2 aromatic carbocycles. The lowest BCUT2D eigenvalue weighted by atomic mass is 10.1. The van der Waals surface area contributed by atoms with E-state index in [2.05, 4.69) is 10.1 Å². The van der Waals surface area contributed by atoms with Crippen molar-refractivity contribution in [2.45, 2.75) is 20.8 Å². The van der Waals surface area contributed by atoms with Crippen LogP contribution in [-0.4, -0.2) is 54.8 Å². The maximum atomic E-state index is 12.8. The summed E-state index contributed by atoms with van der Waals surface area (Å²) in [6.45, 7) is 5.30. The van der Waals surface area contributed by atoms with Gasteiger partial charge in [-0.3, -0.25) is 19.3 Å². The lowest BCUT2D eigenvalue weighted by Gasteiger charge is -2.14. The first-order valence-electron chi connectivity index (χ1n) is 10.8. The number of nitrogens with one attached hydrogen (secondary N) is 1. The van der Waals surface area contributed by atoms with Gasteiger partial charge < -0.3 is 19.5 Å². The predicted molar refractivity (Wildman–Crippen MR) is 132 cm³/mol. The molecule has 1 aliphatic heterocycles. The van der Waals surface area contributed by atoms with Gasteiger partial charge in [-0.2, -0.15) is 0 Å². The van der Waals surface area contributed by atoms with Crippen LogP contribution in [0.4, 0.5) is 10.5 Å². The highest BCUT2D eigenvalue weighted by Crippen LogP contribution is 2.34. The summed E-state index contributed by atoms with van der Waals surface area (Å²) >= 11 is 0.756. The number of ether oxygens (including phenoxy) is 3. The predicted octanol–water partition coefficient (Wildman–Crippen LogP) is 3.93. The summed E-state index contributed by atoms with van der Waals surface area (Å²) in [6, 6.07) is 10.4. The van der Waals surface area contributed by atoms with Crippen LogP contribution in [0.5, 0.6) is 11.5 Å². The number of benzene rings is 2. The molecule has 1 fully saturated rings. The average Bonchev–Trinajstić information content (AvgIpc) is 3.08. The smallest absolute Gasteiger partial charge is 0.343 e. The molecule has 0 aliphatic carbocycles. The van der Waals surface area contributed by atoms with Crippen LogP contribution < -0.4 is 14.8 Å². The number of thioether (sulfide) groups is 1. The van der Waals surface area contributed by atoms with Gasteiger partial charge in [0, 0.05) is 5.69 Å². The maximum absolute atomic E-state index is 12.8. The maximum Gasteiger partial charge on any atom is 0.343 e. The monoisotopic (exact) mass is 498 g/mol. The first kappa shape index (κ1) is 25.8. The number of anilines is 1. The van der Waals surface area contributed by atoms with E-state index in [4.69, 9.17) is 9.47 Å². The van der Waals surface area contributed by atoms with E-state index >= 15 is 0 Å². The fraction of sp³-hybridized carbons (Fsp3) is 0.280. The number of rotatable bonds is 9. The third-order valence-electron chi connectivity index (χ3n) is 5.19. The standard InChI is InChI=1S/C25H26N2O7S/c1-5-33-20-11-17(9-10-19(20)34-14-23(29)32-4)12-21-24(30)27(25(31)35-21)13-22(28)26-18-8-6-7-15(2)16(18)3/h6-12H,5,13-14H2,1-4H3,(H,26,28)/b21-12+. The van der Waals surface area contributed by atoms with E-state index in [1.165, 1.54) is 7.11 Å². The Morgan fingerprint density at radius 1 is 1.09 bits per heavy atom. The largest absolute Gasteiger partial charge is 0.490 e. The third-order valence-corrected chi connectivity index (χ3v) is 6.10. The Morgan fingerprint density at radius 2 is 1.86 bits per heavy atom. The summed E-state index contributed by atoms with van der Waals surface area (Å²) in [7, 11) is 1.26. The van der Waals surface area contributed by atoms with Gasteiger partial charge in [-0.05, 0) is 73.5 Å². The molecule has 0 atom stereocenters. The molecule has 0 bridgehead atoms. The first-order chi connectivity index (χ1) is 16.7. The molecule has 0 saturated carbocycles. The van der Waals surface area contributed by atoms with Crippen molar-refractivity contribution < 1.29 is 33.4 Å². The van der Waals surface area contributed by atoms with E-state index in [0.29, 0.717) is 29.4 Å². The molecule has 1 saturated heterocycles. The Kier molecular flexibility index (Phi) is 8.53. The number of hydrogen-bond donors (Lipinski definition) is 1. The number of carbonyl (C=O) groups excluding carboxylic acids is 4. The summed E-state index contributed by atoms with van der Waals surface area (Å²) < 4.78 is 15.6. The van der Waals surface area contributed by atoms with Crippen LogP contribution in [0, 0.1) is 13.8 Å². The minimum Gasteiger partial charge on any atom is -0.490 e. The summed E-state index contributed by atoms with van der Waals surface area (Å²) in [5.41, 5.74) is 3.16. The number of nitrogens with zero attached hydrogens (tertiary/aromatic N) is 1. The summed E-state index contributed by atoms with van der Waals surface area (Å²) in [5.74, 6) is -0.845. The first-order valence-corrected chi connectivity index (χ1v) is 11.6. The minimum absolute atomic E-state index is 0.181. The molecule has 35 heavy (non-hydrogen) atoms. The molecule has 1 N–H and O–H groups in total. The van der Waals surface area contributed by atoms with Crippen molar-refractivity contribution in [2.24, 2.45) is 0 Å². The summed E-state index contributed by atoms with van der Waals surface area (Å²) in [5, 5.41) is 2.23. The lowest BCUT2D eigenvalue weighted by molar-refractivity contribution is -0.143. The highest BCUT2D eigenvalue weighted by Gasteiger charge is 2.36. The van der Waals surface area contributed by atoms with Crippen LogP contribution in [-0.2, 0) is 19.1 Å². The number of amides is 3. The zero-order chi connectivity index (χ0) is 25.5. The van der Waals surface area contributed by atoms with Crippen molar-refractivity contribution in [3.8, 4) is 11.5 Å². The van der Waals surface area contributed by atoms with Gasteiger partial charge >= 0.3 is 5.97 Å². The van der Waals surface area contributed by atoms with Crippen molar-refractivity contribution in [3.05, 3.63) is 58.0 Å². The Bertz CT molecular complexity index is 1190. The van der Waals surface area contributed by atoms with Crippen molar-refractivity contribution in [1.82, 2.24) is 4.90 Å². The van der Waals surface area contributed by atoms with Gasteiger partial charge in [0.1, 0.15) is 6.54 Å². The lowest BCUT2D eigenvalue weighted by Crippen LogP contribution is -2.36. The number of carbonyl (C=O) groups is 4. The van der Waals surface area contributed by atoms with Crippen molar-refractivity contribution in [1.29, 1.82) is 0 Å². The number of hydrogen-bond acceptors (Lipinski definition) is 8. The molecule has 0 aromatic heterocycles. The fourth-order valence-corrected chi connectivity index (χ4v) is 4.04. The van der Waals surface area contributed by atoms with Crippen molar-refractivity contribution in [2.75, 3.05) is 32.2 Å². The molecule has 0 spiro atoms. The topological polar surface area (TPSA) is 111 Å². The Hall–Kier alpha value is -3.79. The van der Waals surface area contributed by atoms with Crippen molar-refractivity contribution in [3.63, 3.8) is 0 Å². The van der Waals surface area contributed by atoms with Gasteiger partial charge in [0.15, 0.2) is 18.1 Å². The normalized spacial score (nSPS) is 14.3. The van der Waals surface area contributed by atoms with Crippen LogP contribution >= 0.6 is 11.8 Å². The third kappa shape index (κ3) is 6.42. The second-order valence-corrected chi connectivity index (χ2v) is 8.56. The van der Waals surface area contributed by atoms with Gasteiger partial charge in [0.25, 0.3) is 11.1 Å². The quantitative estimate of drug-likeness (QED) is 0.409. The van der Waals surface area contributed by atoms with Crippen LogP contribution in [0.3, 0.4) is 0 Å². The minimum atomic E-state index is -0.555. The molecular formula is C25H26N2O7S.